The number of halogens is 4. The van der Waals surface area contributed by atoms with Crippen LogP contribution in [0.5, 0.6) is 46.0 Å². The van der Waals surface area contributed by atoms with E-state index in [9.17, 15) is 38.2 Å². The highest BCUT2D eigenvalue weighted by Crippen LogP contribution is 2.31. The van der Waals surface area contributed by atoms with Crippen molar-refractivity contribution in [2.24, 2.45) is 0 Å². The van der Waals surface area contributed by atoms with Crippen LogP contribution in [0.25, 0.3) is 0 Å². The van der Waals surface area contributed by atoms with Crippen molar-refractivity contribution in [3.8, 4) is 46.0 Å². The summed E-state index contributed by atoms with van der Waals surface area (Å²) in [6.45, 7) is 6.94. The van der Waals surface area contributed by atoms with E-state index in [1.54, 1.807) is 105 Å². The average Bonchev–Trinajstić information content (AvgIpc) is 0.850. The highest BCUT2D eigenvalue weighted by atomic mass is 35.5. The van der Waals surface area contributed by atoms with Crippen molar-refractivity contribution in [1.29, 1.82) is 0 Å². The van der Waals surface area contributed by atoms with Crippen LogP contribution in [-0.4, -0.2) is 64.1 Å². The van der Waals surface area contributed by atoms with Crippen LogP contribution in [0.3, 0.4) is 0 Å². The molecule has 0 radical (unpaired) electrons. The highest BCUT2D eigenvalue weighted by Gasteiger charge is 2.29. The number of hydrogen-bond donors (Lipinski definition) is 8. The number of rotatable bonds is 35. The Morgan fingerprint density at radius 2 is 0.692 bits per heavy atom. The van der Waals surface area contributed by atoms with Gasteiger partial charge in [-0.15, -0.1) is 0 Å². The van der Waals surface area contributed by atoms with E-state index < -0.39 is 41.1 Å². The van der Waals surface area contributed by atoms with Crippen LogP contribution in [-0.2, 0) is 64.0 Å². The largest absolute Gasteiger partial charge is 0.497 e. The normalized spacial score (nSPS) is 10.6. The maximum atomic E-state index is 13.2. The molecule has 8 N–H and O–H groups in total. The number of carboxylic acids is 4. The Morgan fingerprint density at radius 3 is 1.12 bits per heavy atom. The number of benzene rings is 13. The van der Waals surface area contributed by atoms with Crippen molar-refractivity contribution in [2.75, 3.05) is 35.5 Å². The number of aromatic carboxylic acids is 3. The Morgan fingerprint density at radius 1 is 0.325 bits per heavy atom. The summed E-state index contributed by atoms with van der Waals surface area (Å²) in [7, 11) is 3.27. The number of nitrogens with one attached hydrogen (secondary N) is 4. The summed E-state index contributed by atoms with van der Waals surface area (Å²) >= 11 is 12.0. The van der Waals surface area contributed by atoms with Gasteiger partial charge in [0, 0.05) is 88.3 Å². The van der Waals surface area contributed by atoms with Crippen molar-refractivity contribution in [3.63, 3.8) is 0 Å². The summed E-state index contributed by atoms with van der Waals surface area (Å²) in [4.78, 5) is 44.5. The molecule has 0 fully saturated rings. The summed E-state index contributed by atoms with van der Waals surface area (Å²) in [6, 6.07) is 89.9. The quantitative estimate of drug-likeness (QED) is 0.0183. The Hall–Kier alpha value is -14.2. The molecule has 0 amide bonds. The van der Waals surface area contributed by atoms with Gasteiger partial charge in [-0.1, -0.05) is 145 Å². The Balaban J connectivity index is 0.000000170. The van der Waals surface area contributed by atoms with Crippen molar-refractivity contribution < 1.29 is 86.3 Å². The Labute approximate surface area is 704 Å². The summed E-state index contributed by atoms with van der Waals surface area (Å²) in [5.74, 6) is 0.404. The molecular weight excluding hydrogens is 1570 g/mol. The van der Waals surface area contributed by atoms with Crippen molar-refractivity contribution in [3.05, 3.63) is 392 Å². The maximum Gasteiger partial charge on any atom is 0.347 e. The van der Waals surface area contributed by atoms with E-state index in [1.807, 2.05) is 188 Å². The van der Waals surface area contributed by atoms with Crippen molar-refractivity contribution in [1.82, 2.24) is 0 Å². The van der Waals surface area contributed by atoms with Crippen LogP contribution in [0.15, 0.2) is 303 Å². The number of aliphatic carboxylic acids is 1. The van der Waals surface area contributed by atoms with Gasteiger partial charge in [0.05, 0.1) is 30.9 Å². The number of hydrogen-bond acceptors (Lipinski definition) is 16. The monoisotopic (exact) mass is 1660 g/mol. The molecule has 13 aromatic rings. The van der Waals surface area contributed by atoms with E-state index in [0.29, 0.717) is 103 Å². The van der Waals surface area contributed by atoms with Gasteiger partial charge in [-0.05, 0) is 217 Å². The minimum atomic E-state index is -1.28. The third kappa shape index (κ3) is 29.2. The van der Waals surface area contributed by atoms with Gasteiger partial charge in [0.2, 0.25) is 0 Å². The molecule has 120 heavy (non-hydrogen) atoms. The van der Waals surface area contributed by atoms with Crippen LogP contribution < -0.4 is 59.2 Å². The zero-order chi connectivity index (χ0) is 85.2. The van der Waals surface area contributed by atoms with E-state index in [2.05, 4.69) is 21.3 Å². The number of methoxy groups -OCH3 is 2. The standard InChI is InChI=1S/C30H29NO6.C24H25NO4.C21H17Cl2NO3.C21H17F2NO3/c1-34-26-11-6-21(7-12-26)19-36-28-15-10-24(18-31-25-5-3-4-23(16-25)30(32)33)29(17-28)37-20-22-8-13-27(35-2)14-9-22;1-24(2,23(26)27)29-22-10-6-9-20(15-22)25-16-18-11-13-21(14-12-18)28-17-19-7-4-3-5-8-19;22-17-7-6-16(20(23)11-17)13-27-19-8-4-14(5-9-19)12-24-18-3-1-2-15(10-18)21(25)26;22-17-8-15(9-18(23)11-17)13-27-20-6-4-14(5-7-20)12-24-19-3-1-2-16(10-19)21(25)26/h3-17,31H,18-20H2,1-2H3,(H,32,33);3-15,25H,16-17H2,1-2H3,(H,26,27);2*1-11,24H,12-13H2,(H,25,26). The number of ether oxygens (including phenoxy) is 8. The first kappa shape index (κ1) is 88.2. The Kier molecular flexibility index (Phi) is 32.9. The second kappa shape index (κ2) is 44.8. The lowest BCUT2D eigenvalue weighted by atomic mass is 10.1. The first-order valence-electron chi connectivity index (χ1n) is 37.7. The molecule has 616 valence electrons. The topological polar surface area (TPSA) is 271 Å². The molecule has 20 nitrogen and oxygen atoms in total. The molecule has 0 bridgehead atoms. The molecule has 0 heterocycles. The molecule has 0 atom stereocenters. The second-order valence-electron chi connectivity index (χ2n) is 27.4. The summed E-state index contributed by atoms with van der Waals surface area (Å²) in [5, 5.41) is 50.6. The predicted octanol–water partition coefficient (Wildman–Crippen LogP) is 22.0. The molecule has 13 aromatic carbocycles. The van der Waals surface area contributed by atoms with Crippen LogP contribution >= 0.6 is 23.2 Å². The summed E-state index contributed by atoms with van der Waals surface area (Å²) < 4.78 is 71.7. The van der Waals surface area contributed by atoms with E-state index in [-0.39, 0.29) is 23.3 Å². The second-order valence-corrected chi connectivity index (χ2v) is 28.2. The van der Waals surface area contributed by atoms with Gasteiger partial charge in [0.15, 0.2) is 5.60 Å². The van der Waals surface area contributed by atoms with E-state index in [0.717, 1.165) is 84.9 Å². The van der Waals surface area contributed by atoms with E-state index >= 15 is 0 Å². The zero-order valence-corrected chi connectivity index (χ0v) is 67.4. The lowest BCUT2D eigenvalue weighted by molar-refractivity contribution is -0.152. The van der Waals surface area contributed by atoms with Crippen LogP contribution in [0.4, 0.5) is 31.5 Å². The van der Waals surface area contributed by atoms with Gasteiger partial charge in [0.25, 0.3) is 0 Å². The van der Waals surface area contributed by atoms with Crippen LogP contribution in [0, 0.1) is 11.6 Å². The van der Waals surface area contributed by atoms with Gasteiger partial charge in [-0.2, -0.15) is 0 Å². The first-order valence-corrected chi connectivity index (χ1v) is 38.4. The third-order valence-electron chi connectivity index (χ3n) is 17.9. The fourth-order valence-corrected chi connectivity index (χ4v) is 11.8. The minimum absolute atomic E-state index is 0.0637. The molecule has 0 saturated carbocycles. The molecule has 0 aromatic heterocycles. The van der Waals surface area contributed by atoms with E-state index in [1.165, 1.54) is 32.0 Å². The van der Waals surface area contributed by atoms with Gasteiger partial charge >= 0.3 is 23.9 Å². The van der Waals surface area contributed by atoms with Gasteiger partial charge in [-0.25, -0.2) is 28.0 Å². The maximum absolute atomic E-state index is 13.2. The molecule has 0 aliphatic rings. The molecular formula is C96H88Cl2F2N4O16. The highest BCUT2D eigenvalue weighted by molar-refractivity contribution is 6.35. The first-order chi connectivity index (χ1) is 58.0. The third-order valence-corrected chi connectivity index (χ3v) is 18.5. The predicted molar refractivity (Wildman–Crippen MR) is 461 cm³/mol. The van der Waals surface area contributed by atoms with Crippen molar-refractivity contribution in [2.45, 2.75) is 78.7 Å². The van der Waals surface area contributed by atoms with Crippen LogP contribution in [0.2, 0.25) is 10.0 Å². The van der Waals surface area contributed by atoms with Crippen molar-refractivity contribution >= 4 is 69.8 Å². The molecule has 0 saturated heterocycles. The van der Waals surface area contributed by atoms with Gasteiger partial charge in [0.1, 0.15) is 90.7 Å². The van der Waals surface area contributed by atoms with Gasteiger partial charge in [-0.3, -0.25) is 0 Å². The number of anilines is 4. The van der Waals surface area contributed by atoms with Gasteiger partial charge < -0.3 is 79.6 Å². The lowest BCUT2D eigenvalue weighted by Gasteiger charge is -2.22. The zero-order valence-electron chi connectivity index (χ0n) is 65.9. The molecule has 0 unspecified atom stereocenters. The molecule has 0 aliphatic carbocycles. The average molecular weight is 1660 g/mol. The lowest BCUT2D eigenvalue weighted by Crippen LogP contribution is -2.37. The summed E-state index contributed by atoms with van der Waals surface area (Å²) in [5.41, 5.74) is 10.9. The summed E-state index contributed by atoms with van der Waals surface area (Å²) in [6.07, 6.45) is 0. The number of carboxylic acid groups (broad SMARTS) is 4. The molecule has 0 spiro atoms. The molecule has 24 heteroatoms. The van der Waals surface area contributed by atoms with E-state index in [4.69, 9.17) is 71.3 Å². The fourth-order valence-electron chi connectivity index (χ4n) is 11.3. The molecule has 0 aliphatic heterocycles. The minimum Gasteiger partial charge on any atom is -0.497 e. The molecule has 13 rings (SSSR count). The number of carbonyl (C=O) groups is 4. The van der Waals surface area contributed by atoms with Crippen LogP contribution in [0.1, 0.15) is 95.0 Å². The SMILES string of the molecule is CC(C)(Oc1cccc(NCc2ccc(OCc3ccccc3)cc2)c1)C(=O)O.COc1ccc(COc2ccc(CNc3cccc(C(=O)O)c3)c(OCc3ccc(OC)cc3)c2)cc1.O=C(O)c1cccc(NCc2ccc(OCc3cc(F)cc(F)c3)cc2)c1.O=C(O)c1cccc(NCc2ccc(OCc3ccc(Cl)cc3Cl)cc2)c1. The smallest absolute Gasteiger partial charge is 0.347 e. The fraction of sp³-hybridized carbons (Fsp3) is 0.146. The Bertz CT molecular complexity index is 5480.